The van der Waals surface area contributed by atoms with Crippen LogP contribution in [0.4, 0.5) is 4.39 Å². The number of hydrogen-bond acceptors (Lipinski definition) is 4. The molecule has 1 saturated carbocycles. The maximum atomic E-state index is 13.3. The van der Waals surface area contributed by atoms with E-state index < -0.39 is 6.04 Å². The predicted molar refractivity (Wildman–Crippen MR) is 82.7 cm³/mol. The SMILES string of the molecule is Cc1cc(C2CC(C(=O)NCC(=O)NC3CC3)NN2)ccc1F. The largest absolute Gasteiger partial charge is 0.352 e. The van der Waals surface area contributed by atoms with Gasteiger partial charge < -0.3 is 10.6 Å². The topological polar surface area (TPSA) is 82.3 Å². The van der Waals surface area contributed by atoms with Gasteiger partial charge in [-0.2, -0.15) is 0 Å². The van der Waals surface area contributed by atoms with Crippen LogP contribution in [0.3, 0.4) is 0 Å². The lowest BCUT2D eigenvalue weighted by Crippen LogP contribution is -2.46. The molecule has 2 amide bonds. The van der Waals surface area contributed by atoms with E-state index in [0.717, 1.165) is 18.4 Å². The highest BCUT2D eigenvalue weighted by molar-refractivity contribution is 5.87. The molecule has 124 valence electrons. The van der Waals surface area contributed by atoms with E-state index in [1.165, 1.54) is 6.07 Å². The molecular weight excluding hydrogens is 299 g/mol. The molecule has 1 aromatic rings. The number of aryl methyl sites for hydroxylation is 1. The van der Waals surface area contributed by atoms with Crippen molar-refractivity contribution in [2.75, 3.05) is 6.54 Å². The summed E-state index contributed by atoms with van der Waals surface area (Å²) in [6.45, 7) is 1.71. The third-order valence-corrected chi connectivity index (χ3v) is 4.17. The number of halogens is 1. The number of carbonyl (C=O) groups is 2. The Morgan fingerprint density at radius 2 is 2.09 bits per heavy atom. The Labute approximate surface area is 134 Å². The second kappa shape index (κ2) is 6.64. The average Bonchev–Trinajstić information content (AvgIpc) is 3.19. The number of carbonyl (C=O) groups excluding carboxylic acids is 2. The van der Waals surface area contributed by atoms with Crippen LogP contribution in [0.5, 0.6) is 0 Å². The number of hydrazine groups is 1. The Kier molecular flexibility index (Phi) is 4.58. The third-order valence-electron chi connectivity index (χ3n) is 4.17. The Balaban J connectivity index is 1.49. The molecule has 7 heteroatoms. The van der Waals surface area contributed by atoms with Crippen molar-refractivity contribution in [1.29, 1.82) is 0 Å². The van der Waals surface area contributed by atoms with Gasteiger partial charge in [0.25, 0.3) is 0 Å². The number of nitrogens with one attached hydrogen (secondary N) is 4. The van der Waals surface area contributed by atoms with Crippen LogP contribution in [0.25, 0.3) is 0 Å². The summed E-state index contributed by atoms with van der Waals surface area (Å²) in [5.41, 5.74) is 7.48. The van der Waals surface area contributed by atoms with Gasteiger partial charge in [-0.15, -0.1) is 0 Å². The van der Waals surface area contributed by atoms with Gasteiger partial charge in [-0.3, -0.25) is 9.59 Å². The zero-order valence-corrected chi connectivity index (χ0v) is 13.0. The minimum atomic E-state index is -0.418. The maximum Gasteiger partial charge on any atom is 0.239 e. The standard InChI is InChI=1S/C16H21FN4O2/c1-9-6-10(2-5-12(9)17)13-7-14(21-20-13)16(23)18-8-15(22)19-11-3-4-11/h2,5-6,11,13-14,20-21H,3-4,7-8H2,1H3,(H,18,23)(H,19,22). The van der Waals surface area contributed by atoms with Crippen molar-refractivity contribution in [3.8, 4) is 0 Å². The van der Waals surface area contributed by atoms with Crippen molar-refractivity contribution >= 4 is 11.8 Å². The summed E-state index contributed by atoms with van der Waals surface area (Å²) in [6, 6.07) is 4.73. The Morgan fingerprint density at radius 3 is 2.78 bits per heavy atom. The van der Waals surface area contributed by atoms with Crippen molar-refractivity contribution in [2.45, 2.75) is 44.3 Å². The zero-order valence-electron chi connectivity index (χ0n) is 13.0. The van der Waals surface area contributed by atoms with Gasteiger partial charge in [-0.1, -0.05) is 12.1 Å². The molecule has 1 aromatic carbocycles. The van der Waals surface area contributed by atoms with E-state index >= 15 is 0 Å². The third kappa shape index (κ3) is 4.05. The summed E-state index contributed by atoms with van der Waals surface area (Å²) in [5.74, 6) is -0.613. The minimum Gasteiger partial charge on any atom is -0.352 e. The number of amides is 2. The molecule has 0 spiro atoms. The van der Waals surface area contributed by atoms with E-state index in [1.54, 1.807) is 19.1 Å². The monoisotopic (exact) mass is 320 g/mol. The van der Waals surface area contributed by atoms with E-state index in [0.29, 0.717) is 12.0 Å². The van der Waals surface area contributed by atoms with Crippen LogP contribution in [-0.4, -0.2) is 30.4 Å². The van der Waals surface area contributed by atoms with Crippen molar-refractivity contribution in [3.05, 3.63) is 35.1 Å². The highest BCUT2D eigenvalue weighted by Crippen LogP contribution is 2.24. The van der Waals surface area contributed by atoms with Crippen molar-refractivity contribution < 1.29 is 14.0 Å². The summed E-state index contributed by atoms with van der Waals surface area (Å²) in [6.07, 6.45) is 2.58. The average molecular weight is 320 g/mol. The van der Waals surface area contributed by atoms with Gasteiger partial charge in [0.2, 0.25) is 11.8 Å². The molecule has 1 aliphatic heterocycles. The smallest absolute Gasteiger partial charge is 0.239 e. The second-order valence-corrected chi connectivity index (χ2v) is 6.20. The minimum absolute atomic E-state index is 0.00611. The summed E-state index contributed by atoms with van der Waals surface area (Å²) in [5, 5.41) is 5.46. The van der Waals surface area contributed by atoms with Gasteiger partial charge in [0, 0.05) is 12.1 Å². The highest BCUT2D eigenvalue weighted by Gasteiger charge is 2.30. The molecule has 2 unspecified atom stereocenters. The molecule has 6 nitrogen and oxygen atoms in total. The lowest BCUT2D eigenvalue weighted by Gasteiger charge is -2.11. The molecule has 0 radical (unpaired) electrons. The van der Waals surface area contributed by atoms with E-state index in [2.05, 4.69) is 21.5 Å². The molecular formula is C16H21FN4O2. The molecule has 1 aliphatic carbocycles. The van der Waals surface area contributed by atoms with Gasteiger partial charge in [0.1, 0.15) is 11.9 Å². The van der Waals surface area contributed by atoms with Crippen molar-refractivity contribution in [3.63, 3.8) is 0 Å². The molecule has 0 bridgehead atoms. The van der Waals surface area contributed by atoms with Crippen LogP contribution >= 0.6 is 0 Å². The number of rotatable bonds is 5. The van der Waals surface area contributed by atoms with E-state index in [-0.39, 0.29) is 36.3 Å². The molecule has 2 aliphatic rings. The Hall–Kier alpha value is -1.99. The molecule has 1 saturated heterocycles. The van der Waals surface area contributed by atoms with Crippen molar-refractivity contribution in [2.24, 2.45) is 0 Å². The van der Waals surface area contributed by atoms with Crippen LogP contribution in [-0.2, 0) is 9.59 Å². The summed E-state index contributed by atoms with van der Waals surface area (Å²) >= 11 is 0. The van der Waals surface area contributed by atoms with Crippen molar-refractivity contribution in [1.82, 2.24) is 21.5 Å². The summed E-state index contributed by atoms with van der Waals surface area (Å²) in [4.78, 5) is 23.7. The molecule has 0 aromatic heterocycles. The van der Waals surface area contributed by atoms with Crippen LogP contribution < -0.4 is 21.5 Å². The van der Waals surface area contributed by atoms with Gasteiger partial charge in [-0.05, 0) is 43.4 Å². The van der Waals surface area contributed by atoms with Gasteiger partial charge in [-0.25, -0.2) is 15.2 Å². The molecule has 2 atom stereocenters. The highest BCUT2D eigenvalue weighted by atomic mass is 19.1. The predicted octanol–water partition coefficient (Wildman–Crippen LogP) is 0.437. The number of hydrogen-bond donors (Lipinski definition) is 4. The molecule has 1 heterocycles. The van der Waals surface area contributed by atoms with Crippen LogP contribution in [0.2, 0.25) is 0 Å². The first-order chi connectivity index (χ1) is 11.0. The Morgan fingerprint density at radius 1 is 1.30 bits per heavy atom. The zero-order chi connectivity index (χ0) is 16.4. The fourth-order valence-electron chi connectivity index (χ4n) is 2.63. The first kappa shape index (κ1) is 15.9. The first-order valence-corrected chi connectivity index (χ1v) is 7.87. The lowest BCUT2D eigenvalue weighted by molar-refractivity contribution is -0.127. The van der Waals surface area contributed by atoms with Crippen LogP contribution in [0.15, 0.2) is 18.2 Å². The quantitative estimate of drug-likeness (QED) is 0.634. The van der Waals surface area contributed by atoms with Crippen LogP contribution in [0, 0.1) is 12.7 Å². The number of benzene rings is 1. The molecule has 4 N–H and O–H groups in total. The summed E-state index contributed by atoms with van der Waals surface area (Å²) in [7, 11) is 0. The van der Waals surface area contributed by atoms with Gasteiger partial charge in [0.15, 0.2) is 0 Å². The molecule has 3 rings (SSSR count). The fraction of sp³-hybridized carbons (Fsp3) is 0.500. The normalized spacial score (nSPS) is 23.6. The first-order valence-electron chi connectivity index (χ1n) is 7.87. The second-order valence-electron chi connectivity index (χ2n) is 6.20. The Bertz CT molecular complexity index is 618. The van der Waals surface area contributed by atoms with Gasteiger partial charge in [0.05, 0.1) is 6.54 Å². The van der Waals surface area contributed by atoms with E-state index in [4.69, 9.17) is 0 Å². The molecule has 23 heavy (non-hydrogen) atoms. The fourth-order valence-corrected chi connectivity index (χ4v) is 2.63. The lowest BCUT2D eigenvalue weighted by atomic mass is 10.00. The van der Waals surface area contributed by atoms with E-state index in [9.17, 15) is 14.0 Å². The summed E-state index contributed by atoms with van der Waals surface area (Å²) < 4.78 is 13.3. The van der Waals surface area contributed by atoms with Crippen LogP contribution in [0.1, 0.15) is 36.4 Å². The maximum absolute atomic E-state index is 13.3. The molecule has 2 fully saturated rings. The van der Waals surface area contributed by atoms with Gasteiger partial charge >= 0.3 is 0 Å². The van der Waals surface area contributed by atoms with E-state index in [1.807, 2.05) is 0 Å².